The number of aromatic nitrogens is 1. The van der Waals surface area contributed by atoms with Crippen LogP contribution in [0.25, 0.3) is 0 Å². The molecule has 0 aliphatic carbocycles. The summed E-state index contributed by atoms with van der Waals surface area (Å²) in [7, 11) is 1.29. The number of aryl methyl sites for hydroxylation is 2. The number of nitrogens with zero attached hydrogens (tertiary/aromatic N) is 2. The van der Waals surface area contributed by atoms with Crippen LogP contribution >= 0.6 is 0 Å². The van der Waals surface area contributed by atoms with Crippen molar-refractivity contribution in [3.63, 3.8) is 0 Å². The first-order chi connectivity index (χ1) is 10.3. The van der Waals surface area contributed by atoms with E-state index in [1.54, 1.807) is 13.8 Å². The van der Waals surface area contributed by atoms with Crippen LogP contribution in [0.3, 0.4) is 0 Å². The Labute approximate surface area is 126 Å². The lowest BCUT2D eigenvalue weighted by Crippen LogP contribution is -2.10. The van der Waals surface area contributed by atoms with Crippen LogP contribution < -0.4 is 10.1 Å². The molecule has 0 saturated carbocycles. The number of anilines is 1. The van der Waals surface area contributed by atoms with Gasteiger partial charge in [0.2, 0.25) is 0 Å². The Balaban J connectivity index is 2.36. The SMILES string of the molecule is COc1cc(N[C@@H](C)c2c(C)noc2C)c(F)cc1[N+](=O)[O-]. The molecular weight excluding hydrogens is 293 g/mol. The smallest absolute Gasteiger partial charge is 0.313 e. The molecule has 7 nitrogen and oxygen atoms in total. The molecule has 2 aromatic rings. The fourth-order valence-electron chi connectivity index (χ4n) is 2.37. The van der Waals surface area contributed by atoms with Gasteiger partial charge in [0.25, 0.3) is 0 Å². The molecule has 0 fully saturated rings. The normalized spacial score (nSPS) is 12.0. The number of ether oxygens (including phenoxy) is 1. The molecule has 0 aliphatic heterocycles. The molecule has 0 amide bonds. The first kappa shape index (κ1) is 15.7. The predicted molar refractivity (Wildman–Crippen MR) is 77.6 cm³/mol. The van der Waals surface area contributed by atoms with E-state index in [9.17, 15) is 14.5 Å². The molecule has 0 radical (unpaired) electrons. The van der Waals surface area contributed by atoms with Gasteiger partial charge in [0.15, 0.2) is 11.6 Å². The van der Waals surface area contributed by atoms with Crippen LogP contribution in [0.5, 0.6) is 5.75 Å². The third kappa shape index (κ3) is 2.85. The fourth-order valence-corrected chi connectivity index (χ4v) is 2.37. The van der Waals surface area contributed by atoms with E-state index >= 15 is 0 Å². The van der Waals surface area contributed by atoms with E-state index in [0.29, 0.717) is 11.5 Å². The molecule has 22 heavy (non-hydrogen) atoms. The largest absolute Gasteiger partial charge is 0.490 e. The first-order valence-corrected chi connectivity index (χ1v) is 6.56. The highest BCUT2D eigenvalue weighted by molar-refractivity contribution is 5.59. The number of halogens is 1. The summed E-state index contributed by atoms with van der Waals surface area (Å²) in [6, 6.07) is 1.82. The average molecular weight is 309 g/mol. The molecule has 8 heteroatoms. The van der Waals surface area contributed by atoms with Crippen LogP contribution in [-0.4, -0.2) is 17.2 Å². The summed E-state index contributed by atoms with van der Waals surface area (Å²) >= 11 is 0. The number of nitro groups is 1. The number of benzene rings is 1. The van der Waals surface area contributed by atoms with E-state index < -0.39 is 16.4 Å². The van der Waals surface area contributed by atoms with Crippen molar-refractivity contribution in [2.24, 2.45) is 0 Å². The van der Waals surface area contributed by atoms with Gasteiger partial charge >= 0.3 is 5.69 Å². The number of methoxy groups -OCH3 is 1. The Morgan fingerprint density at radius 1 is 1.45 bits per heavy atom. The molecule has 118 valence electrons. The lowest BCUT2D eigenvalue weighted by atomic mass is 10.1. The molecular formula is C14H16FN3O4. The van der Waals surface area contributed by atoms with Gasteiger partial charge < -0.3 is 14.6 Å². The number of nitrogens with one attached hydrogen (secondary N) is 1. The van der Waals surface area contributed by atoms with Crippen LogP contribution in [0.2, 0.25) is 0 Å². The highest BCUT2D eigenvalue weighted by Crippen LogP contribution is 2.34. The molecule has 0 bridgehead atoms. The third-order valence-electron chi connectivity index (χ3n) is 3.36. The summed E-state index contributed by atoms with van der Waals surface area (Å²) in [4.78, 5) is 10.2. The lowest BCUT2D eigenvalue weighted by molar-refractivity contribution is -0.385. The summed E-state index contributed by atoms with van der Waals surface area (Å²) in [5.41, 5.74) is 1.20. The predicted octanol–water partition coefficient (Wildman–Crippen LogP) is 3.52. The molecule has 0 saturated heterocycles. The van der Waals surface area contributed by atoms with E-state index in [1.807, 2.05) is 6.92 Å². The molecule has 0 aliphatic rings. The van der Waals surface area contributed by atoms with Crippen molar-refractivity contribution >= 4 is 11.4 Å². The second-order valence-corrected chi connectivity index (χ2v) is 4.86. The van der Waals surface area contributed by atoms with Crippen molar-refractivity contribution in [2.75, 3.05) is 12.4 Å². The maximum absolute atomic E-state index is 14.1. The van der Waals surface area contributed by atoms with Crippen molar-refractivity contribution in [1.82, 2.24) is 5.16 Å². The van der Waals surface area contributed by atoms with Gasteiger partial charge in [0.05, 0.1) is 35.5 Å². The minimum Gasteiger partial charge on any atom is -0.490 e. The monoisotopic (exact) mass is 309 g/mol. The maximum atomic E-state index is 14.1. The van der Waals surface area contributed by atoms with Crippen LogP contribution in [0.4, 0.5) is 15.8 Å². The van der Waals surface area contributed by atoms with Gasteiger partial charge in [-0.1, -0.05) is 5.16 Å². The molecule has 0 spiro atoms. The third-order valence-corrected chi connectivity index (χ3v) is 3.36. The summed E-state index contributed by atoms with van der Waals surface area (Å²) in [6.45, 7) is 5.37. The van der Waals surface area contributed by atoms with Crippen LogP contribution in [0.1, 0.15) is 30.0 Å². The van der Waals surface area contributed by atoms with Crippen molar-refractivity contribution < 1.29 is 18.6 Å². The minimum atomic E-state index is -0.730. The summed E-state index contributed by atoms with van der Waals surface area (Å²) in [6.07, 6.45) is 0. The van der Waals surface area contributed by atoms with Crippen molar-refractivity contribution in [3.8, 4) is 5.75 Å². The lowest BCUT2D eigenvalue weighted by Gasteiger charge is -2.16. The van der Waals surface area contributed by atoms with Gasteiger partial charge in [-0.25, -0.2) is 4.39 Å². The van der Waals surface area contributed by atoms with Crippen molar-refractivity contribution in [1.29, 1.82) is 0 Å². The van der Waals surface area contributed by atoms with Gasteiger partial charge in [-0.15, -0.1) is 0 Å². The van der Waals surface area contributed by atoms with E-state index in [2.05, 4.69) is 10.5 Å². The maximum Gasteiger partial charge on any atom is 0.313 e. The topological polar surface area (TPSA) is 90.4 Å². The van der Waals surface area contributed by atoms with E-state index in [0.717, 1.165) is 11.6 Å². The standard InChI is InChI=1S/C14H16FN3O4/c1-7(14-8(2)17-22-9(14)3)16-11-6-13(21-4)12(18(19)20)5-10(11)15/h5-7,16H,1-4H3/t7-/m0/s1. The summed E-state index contributed by atoms with van der Waals surface area (Å²) < 4.78 is 24.1. The average Bonchev–Trinajstić information content (AvgIpc) is 2.79. The molecule has 0 unspecified atom stereocenters. The molecule has 1 N–H and O–H groups in total. The molecule has 1 aromatic heterocycles. The highest BCUT2D eigenvalue weighted by atomic mass is 19.1. The van der Waals surface area contributed by atoms with E-state index in [-0.39, 0.29) is 17.5 Å². The number of hydrogen-bond acceptors (Lipinski definition) is 6. The van der Waals surface area contributed by atoms with Gasteiger partial charge in [-0.2, -0.15) is 0 Å². The van der Waals surface area contributed by atoms with Gasteiger partial charge in [0.1, 0.15) is 5.76 Å². The Hall–Kier alpha value is -2.64. The first-order valence-electron chi connectivity index (χ1n) is 6.56. The molecule has 1 heterocycles. The quantitative estimate of drug-likeness (QED) is 0.671. The van der Waals surface area contributed by atoms with Crippen LogP contribution in [0, 0.1) is 29.8 Å². The molecule has 2 rings (SSSR count). The van der Waals surface area contributed by atoms with Gasteiger partial charge in [0, 0.05) is 11.6 Å². The molecule has 1 atom stereocenters. The zero-order valence-electron chi connectivity index (χ0n) is 12.6. The number of rotatable bonds is 5. The summed E-state index contributed by atoms with van der Waals surface area (Å²) in [5, 5.41) is 17.7. The Kier molecular flexibility index (Phi) is 4.30. The van der Waals surface area contributed by atoms with E-state index in [1.165, 1.54) is 13.2 Å². The zero-order valence-corrected chi connectivity index (χ0v) is 12.6. The number of nitro benzene ring substituents is 1. The second kappa shape index (κ2) is 6.00. The van der Waals surface area contributed by atoms with Crippen LogP contribution in [-0.2, 0) is 0 Å². The van der Waals surface area contributed by atoms with Gasteiger partial charge in [-0.05, 0) is 20.8 Å². The van der Waals surface area contributed by atoms with Crippen LogP contribution in [0.15, 0.2) is 16.7 Å². The number of hydrogen-bond donors (Lipinski definition) is 1. The fraction of sp³-hybridized carbons (Fsp3) is 0.357. The van der Waals surface area contributed by atoms with Crippen molar-refractivity contribution in [3.05, 3.63) is 45.1 Å². The minimum absolute atomic E-state index is 0.0140. The zero-order chi connectivity index (χ0) is 16.4. The second-order valence-electron chi connectivity index (χ2n) is 4.86. The van der Waals surface area contributed by atoms with Crippen molar-refractivity contribution in [2.45, 2.75) is 26.8 Å². The summed E-state index contributed by atoms with van der Waals surface area (Å²) in [5.74, 6) is -0.113. The Morgan fingerprint density at radius 2 is 2.14 bits per heavy atom. The molecule has 1 aromatic carbocycles. The van der Waals surface area contributed by atoms with E-state index in [4.69, 9.17) is 9.26 Å². The van der Waals surface area contributed by atoms with Gasteiger partial charge in [-0.3, -0.25) is 10.1 Å². The Bertz CT molecular complexity index is 695. The highest BCUT2D eigenvalue weighted by Gasteiger charge is 2.22. The Morgan fingerprint density at radius 3 is 2.64 bits per heavy atom.